The lowest BCUT2D eigenvalue weighted by atomic mass is 9.96. The van der Waals surface area contributed by atoms with Gasteiger partial charge in [-0.05, 0) is 25.0 Å². The molecule has 3 N–H and O–H groups in total. The van der Waals surface area contributed by atoms with Crippen molar-refractivity contribution in [2.75, 3.05) is 37.5 Å². The molecule has 0 spiro atoms. The molecular weight excluding hydrogens is 338 g/mol. The maximum atomic E-state index is 11.9. The fourth-order valence-corrected chi connectivity index (χ4v) is 2.84. The van der Waals surface area contributed by atoms with E-state index >= 15 is 0 Å². The first kappa shape index (κ1) is 19.3. The molecule has 26 heavy (non-hydrogen) atoms. The van der Waals surface area contributed by atoms with Crippen LogP contribution in [0, 0.1) is 5.92 Å². The summed E-state index contributed by atoms with van der Waals surface area (Å²) in [6.45, 7) is 1.33. The highest BCUT2D eigenvalue weighted by molar-refractivity contribution is 5.99. The van der Waals surface area contributed by atoms with Crippen LogP contribution in [0.3, 0.4) is 0 Å². The van der Waals surface area contributed by atoms with Crippen molar-refractivity contribution in [3.05, 3.63) is 36.0 Å². The third-order valence-corrected chi connectivity index (χ3v) is 4.28. The maximum absolute atomic E-state index is 11.9. The number of carbonyl (C=O) groups excluding carboxylic acids is 3. The Hall–Kier alpha value is -3.03. The second-order valence-corrected chi connectivity index (χ2v) is 5.88. The number of benzene rings is 1. The molecule has 0 atom stereocenters. The molecule has 2 rings (SSSR count). The van der Waals surface area contributed by atoms with Gasteiger partial charge in [-0.1, -0.05) is 12.1 Å². The molecule has 8 nitrogen and oxygen atoms in total. The standard InChI is InChI=1S/C18H23N3O5/c1-25-16(22)11-14(18(24)26-2)20-13-5-3-4-6-15(13)21-9-7-12(8-10-21)17(19)23/h3-6,11-12,20H,7-10H2,1-2H3,(H2,19,23)/b14-11+. The van der Waals surface area contributed by atoms with Crippen molar-refractivity contribution in [3.63, 3.8) is 0 Å². The van der Waals surface area contributed by atoms with Gasteiger partial charge in [-0.3, -0.25) is 4.79 Å². The summed E-state index contributed by atoms with van der Waals surface area (Å²) in [5, 5.41) is 2.95. The van der Waals surface area contributed by atoms with E-state index in [2.05, 4.69) is 15.0 Å². The Morgan fingerprint density at radius 1 is 1.15 bits per heavy atom. The van der Waals surface area contributed by atoms with Crippen LogP contribution in [0.25, 0.3) is 0 Å². The highest BCUT2D eigenvalue weighted by Gasteiger charge is 2.25. The molecule has 1 amide bonds. The zero-order valence-corrected chi connectivity index (χ0v) is 14.9. The van der Waals surface area contributed by atoms with E-state index in [9.17, 15) is 14.4 Å². The van der Waals surface area contributed by atoms with Crippen LogP contribution >= 0.6 is 0 Å². The number of methoxy groups -OCH3 is 2. The summed E-state index contributed by atoms with van der Waals surface area (Å²) in [6.07, 6.45) is 2.39. The quantitative estimate of drug-likeness (QED) is 0.575. The molecule has 1 aliphatic rings. The Morgan fingerprint density at radius 3 is 2.38 bits per heavy atom. The summed E-state index contributed by atoms with van der Waals surface area (Å²) in [6, 6.07) is 7.39. The number of hydrogen-bond acceptors (Lipinski definition) is 7. The molecule has 0 saturated carbocycles. The number of esters is 2. The predicted octanol–water partition coefficient (Wildman–Crippen LogP) is 1.03. The van der Waals surface area contributed by atoms with Gasteiger partial charge < -0.3 is 25.4 Å². The number of carbonyl (C=O) groups is 3. The van der Waals surface area contributed by atoms with Gasteiger partial charge in [-0.15, -0.1) is 0 Å². The average Bonchev–Trinajstić information content (AvgIpc) is 2.67. The van der Waals surface area contributed by atoms with Crippen LogP contribution < -0.4 is 16.0 Å². The highest BCUT2D eigenvalue weighted by atomic mass is 16.5. The van der Waals surface area contributed by atoms with Crippen molar-refractivity contribution in [2.45, 2.75) is 12.8 Å². The number of nitrogens with one attached hydrogen (secondary N) is 1. The van der Waals surface area contributed by atoms with Gasteiger partial charge in [0.05, 0.1) is 31.7 Å². The van der Waals surface area contributed by atoms with E-state index in [1.54, 1.807) is 6.07 Å². The molecule has 1 heterocycles. The van der Waals surface area contributed by atoms with E-state index in [1.165, 1.54) is 14.2 Å². The second kappa shape index (κ2) is 8.89. The molecule has 1 aliphatic heterocycles. The van der Waals surface area contributed by atoms with E-state index in [-0.39, 0.29) is 17.5 Å². The van der Waals surface area contributed by atoms with Crippen LogP contribution in [0.2, 0.25) is 0 Å². The summed E-state index contributed by atoms with van der Waals surface area (Å²) in [7, 11) is 2.46. The molecule has 0 aromatic heterocycles. The molecule has 0 aliphatic carbocycles. The zero-order chi connectivity index (χ0) is 19.1. The van der Waals surface area contributed by atoms with Gasteiger partial charge in [0.15, 0.2) is 0 Å². The smallest absolute Gasteiger partial charge is 0.354 e. The van der Waals surface area contributed by atoms with E-state index < -0.39 is 11.9 Å². The fraction of sp³-hybridized carbons (Fsp3) is 0.389. The minimum absolute atomic E-state index is 0.0289. The number of piperidine rings is 1. The Kier molecular flexibility index (Phi) is 6.60. The van der Waals surface area contributed by atoms with Crippen molar-refractivity contribution in [1.82, 2.24) is 0 Å². The van der Waals surface area contributed by atoms with E-state index in [0.29, 0.717) is 31.6 Å². The van der Waals surface area contributed by atoms with Crippen molar-refractivity contribution in [3.8, 4) is 0 Å². The lowest BCUT2D eigenvalue weighted by molar-refractivity contribution is -0.138. The highest BCUT2D eigenvalue weighted by Crippen LogP contribution is 2.30. The first-order valence-electron chi connectivity index (χ1n) is 8.24. The lowest BCUT2D eigenvalue weighted by Crippen LogP contribution is -2.38. The number of nitrogens with zero attached hydrogens (tertiary/aromatic N) is 1. The first-order chi connectivity index (χ1) is 12.5. The largest absolute Gasteiger partial charge is 0.466 e. The van der Waals surface area contributed by atoms with Gasteiger partial charge in [-0.25, -0.2) is 9.59 Å². The Balaban J connectivity index is 2.22. The van der Waals surface area contributed by atoms with Gasteiger partial charge in [0.1, 0.15) is 5.70 Å². The molecule has 8 heteroatoms. The monoisotopic (exact) mass is 361 g/mol. The van der Waals surface area contributed by atoms with Crippen LogP contribution in [-0.4, -0.2) is 45.2 Å². The molecule has 140 valence electrons. The van der Waals surface area contributed by atoms with Gasteiger partial charge in [-0.2, -0.15) is 0 Å². The Bertz CT molecular complexity index is 709. The SMILES string of the molecule is COC(=O)/C=C(/Nc1ccccc1N1CCC(C(N)=O)CC1)C(=O)OC. The van der Waals surface area contributed by atoms with Gasteiger partial charge in [0.25, 0.3) is 0 Å². The zero-order valence-electron chi connectivity index (χ0n) is 14.9. The van der Waals surface area contributed by atoms with Gasteiger partial charge in [0.2, 0.25) is 5.91 Å². The summed E-state index contributed by atoms with van der Waals surface area (Å²) in [5.74, 6) is -1.74. The molecule has 0 bridgehead atoms. The number of amides is 1. The minimum Gasteiger partial charge on any atom is -0.466 e. The van der Waals surface area contributed by atoms with Crippen LogP contribution in [0.4, 0.5) is 11.4 Å². The molecule has 0 unspecified atom stereocenters. The number of nitrogens with two attached hydrogens (primary N) is 1. The summed E-state index contributed by atoms with van der Waals surface area (Å²) in [5.41, 5.74) is 6.85. The van der Waals surface area contributed by atoms with Gasteiger partial charge >= 0.3 is 11.9 Å². The number of hydrogen-bond donors (Lipinski definition) is 2. The van der Waals surface area contributed by atoms with Crippen molar-refractivity contribution < 1.29 is 23.9 Å². The third-order valence-electron chi connectivity index (χ3n) is 4.28. The van der Waals surface area contributed by atoms with Crippen LogP contribution in [0.5, 0.6) is 0 Å². The summed E-state index contributed by atoms with van der Waals surface area (Å²) < 4.78 is 9.29. The lowest BCUT2D eigenvalue weighted by Gasteiger charge is -2.33. The molecule has 1 fully saturated rings. The maximum Gasteiger partial charge on any atom is 0.354 e. The number of anilines is 2. The molecule has 0 radical (unpaired) electrons. The topological polar surface area (TPSA) is 111 Å². The summed E-state index contributed by atoms with van der Waals surface area (Å²) in [4.78, 5) is 36.9. The predicted molar refractivity (Wildman–Crippen MR) is 96.3 cm³/mol. The molecular formula is C18H23N3O5. The Morgan fingerprint density at radius 2 is 1.81 bits per heavy atom. The first-order valence-corrected chi connectivity index (χ1v) is 8.24. The van der Waals surface area contributed by atoms with Crippen molar-refractivity contribution in [1.29, 1.82) is 0 Å². The number of ether oxygens (including phenoxy) is 2. The average molecular weight is 361 g/mol. The number of para-hydroxylation sites is 2. The molecule has 1 aromatic carbocycles. The van der Waals surface area contributed by atoms with Gasteiger partial charge in [0, 0.05) is 19.0 Å². The minimum atomic E-state index is -0.683. The van der Waals surface area contributed by atoms with Crippen LogP contribution in [0.1, 0.15) is 12.8 Å². The van der Waals surface area contributed by atoms with Crippen LogP contribution in [-0.2, 0) is 23.9 Å². The number of primary amides is 1. The summed E-state index contributed by atoms with van der Waals surface area (Å²) >= 11 is 0. The fourth-order valence-electron chi connectivity index (χ4n) is 2.84. The van der Waals surface area contributed by atoms with E-state index in [0.717, 1.165) is 11.8 Å². The van der Waals surface area contributed by atoms with E-state index in [1.807, 2.05) is 18.2 Å². The van der Waals surface area contributed by atoms with Crippen LogP contribution in [0.15, 0.2) is 36.0 Å². The van der Waals surface area contributed by atoms with Crippen molar-refractivity contribution in [2.24, 2.45) is 11.7 Å². The van der Waals surface area contributed by atoms with E-state index in [4.69, 9.17) is 10.5 Å². The normalized spacial score (nSPS) is 15.3. The third kappa shape index (κ3) is 4.75. The Labute approximate surface area is 151 Å². The van der Waals surface area contributed by atoms with Crippen molar-refractivity contribution >= 4 is 29.2 Å². The number of rotatable bonds is 6. The second-order valence-electron chi connectivity index (χ2n) is 5.88. The molecule has 1 saturated heterocycles. The molecule has 1 aromatic rings.